The average Bonchev–Trinajstić information content (AvgIpc) is 2.69. The third-order valence-electron chi connectivity index (χ3n) is 5.94. The largest absolute Gasteiger partial charge is 0.508 e. The molecule has 1 aliphatic carbocycles. The molecule has 0 spiro atoms. The molecule has 0 saturated carbocycles. The Morgan fingerprint density at radius 1 is 0.903 bits per heavy atom. The summed E-state index contributed by atoms with van der Waals surface area (Å²) in [7, 11) is 0. The second-order valence-corrected chi connectivity index (χ2v) is 7.94. The Balaban J connectivity index is 2.06. The zero-order chi connectivity index (χ0) is 22.8. The number of aryl methyl sites for hydroxylation is 1. The third-order valence-corrected chi connectivity index (χ3v) is 5.94. The molecule has 166 valence electrons. The molecule has 4 rings (SSSR count). The molecular formula is C21H22O10. The first-order valence-electron chi connectivity index (χ1n) is 9.50. The van der Waals surface area contributed by atoms with E-state index in [-0.39, 0.29) is 16.7 Å². The van der Waals surface area contributed by atoms with Crippen molar-refractivity contribution >= 4 is 5.78 Å². The SMILES string of the molecule is Cc1cc(O)c2c(c1)[C@@](O)([C@H]1O[C@H](CO)[C@@H](O)[C@H](O)[C@H]1O)c1cc(O)cc(O)c1C2=O. The van der Waals surface area contributed by atoms with Gasteiger partial charge in [0, 0.05) is 17.2 Å². The van der Waals surface area contributed by atoms with Crippen LogP contribution in [-0.2, 0) is 10.3 Å². The molecule has 1 saturated heterocycles. The second kappa shape index (κ2) is 7.16. The lowest BCUT2D eigenvalue weighted by Gasteiger charge is -2.49. The number of aliphatic hydroxyl groups is 5. The predicted octanol–water partition coefficient (Wildman–Crippen LogP) is -1.27. The van der Waals surface area contributed by atoms with Gasteiger partial charge in [0.25, 0.3) is 0 Å². The lowest BCUT2D eigenvalue weighted by molar-refractivity contribution is -0.265. The van der Waals surface area contributed by atoms with Crippen LogP contribution < -0.4 is 0 Å². The van der Waals surface area contributed by atoms with Crippen LogP contribution in [0.25, 0.3) is 0 Å². The van der Waals surface area contributed by atoms with Gasteiger partial charge in [-0.3, -0.25) is 4.79 Å². The zero-order valence-corrected chi connectivity index (χ0v) is 16.3. The van der Waals surface area contributed by atoms with Gasteiger partial charge in [0.1, 0.15) is 53.4 Å². The van der Waals surface area contributed by atoms with Crippen molar-refractivity contribution in [2.45, 2.75) is 43.0 Å². The van der Waals surface area contributed by atoms with E-state index in [1.807, 2.05) is 0 Å². The van der Waals surface area contributed by atoms with Crippen molar-refractivity contribution in [2.75, 3.05) is 6.61 Å². The van der Waals surface area contributed by atoms with Gasteiger partial charge in [0.15, 0.2) is 0 Å². The van der Waals surface area contributed by atoms with Gasteiger partial charge < -0.3 is 45.6 Å². The highest BCUT2D eigenvalue weighted by Crippen LogP contribution is 2.51. The Labute approximate surface area is 175 Å². The molecule has 10 heteroatoms. The number of hydrogen-bond acceptors (Lipinski definition) is 10. The summed E-state index contributed by atoms with van der Waals surface area (Å²) in [4.78, 5) is 13.1. The standard InChI is InChI=1S/C21H22O10/c1-7-2-9-14(11(24)3-7)17(27)15-10(4-8(23)5-12(15)25)21(9,30)20-19(29)18(28)16(26)13(6-22)31-20/h2-5,13,16,18-20,22-26,28-30H,6H2,1H3/t13-,16-,18+,19-,20+,21+/m1/s1. The quantitative estimate of drug-likeness (QED) is 0.283. The number of hydrogen-bond donors (Lipinski definition) is 8. The van der Waals surface area contributed by atoms with Crippen LogP contribution in [0, 0.1) is 6.92 Å². The first-order valence-corrected chi connectivity index (χ1v) is 9.50. The highest BCUT2D eigenvalue weighted by molar-refractivity contribution is 6.16. The minimum absolute atomic E-state index is 0.197. The number of aromatic hydroxyl groups is 3. The Morgan fingerprint density at radius 3 is 2.10 bits per heavy atom. The number of ketones is 1. The molecule has 2 aromatic rings. The molecule has 8 N–H and O–H groups in total. The first-order chi connectivity index (χ1) is 14.5. The Hall–Kier alpha value is -2.73. The van der Waals surface area contributed by atoms with Gasteiger partial charge in [0.05, 0.1) is 17.7 Å². The third kappa shape index (κ3) is 2.92. The molecule has 2 aliphatic rings. The first kappa shape index (κ1) is 21.5. The van der Waals surface area contributed by atoms with E-state index in [1.54, 1.807) is 6.92 Å². The van der Waals surface area contributed by atoms with E-state index in [0.29, 0.717) is 5.56 Å². The zero-order valence-electron chi connectivity index (χ0n) is 16.3. The molecular weight excluding hydrogens is 412 g/mol. The number of fused-ring (bicyclic) bond motifs is 2. The number of phenols is 3. The van der Waals surface area contributed by atoms with Gasteiger partial charge in [-0.15, -0.1) is 0 Å². The van der Waals surface area contributed by atoms with Crippen molar-refractivity contribution in [3.8, 4) is 17.2 Å². The number of ether oxygens (including phenoxy) is 1. The van der Waals surface area contributed by atoms with Crippen LogP contribution in [0.4, 0.5) is 0 Å². The molecule has 0 radical (unpaired) electrons. The van der Waals surface area contributed by atoms with Crippen molar-refractivity contribution < 1.29 is 50.4 Å². The molecule has 0 amide bonds. The van der Waals surface area contributed by atoms with E-state index in [1.165, 1.54) is 12.1 Å². The van der Waals surface area contributed by atoms with Crippen molar-refractivity contribution in [1.29, 1.82) is 0 Å². The fourth-order valence-electron chi connectivity index (χ4n) is 4.48. The van der Waals surface area contributed by atoms with Crippen molar-refractivity contribution in [1.82, 2.24) is 0 Å². The molecule has 0 aromatic heterocycles. The molecule has 2 aromatic carbocycles. The lowest BCUT2D eigenvalue weighted by atomic mass is 9.68. The molecule has 0 bridgehead atoms. The van der Waals surface area contributed by atoms with E-state index in [2.05, 4.69) is 0 Å². The minimum Gasteiger partial charge on any atom is -0.508 e. The van der Waals surface area contributed by atoms with Crippen LogP contribution in [0.5, 0.6) is 17.2 Å². The maximum atomic E-state index is 13.1. The highest BCUT2D eigenvalue weighted by Gasteiger charge is 2.58. The van der Waals surface area contributed by atoms with E-state index in [4.69, 9.17) is 4.74 Å². The number of rotatable bonds is 2. The van der Waals surface area contributed by atoms with E-state index < -0.39 is 71.3 Å². The van der Waals surface area contributed by atoms with Crippen LogP contribution >= 0.6 is 0 Å². The normalized spacial score (nSPS) is 32.5. The number of benzene rings is 2. The maximum Gasteiger partial charge on any atom is 0.201 e. The van der Waals surface area contributed by atoms with E-state index in [9.17, 15) is 45.6 Å². The molecule has 1 fully saturated rings. The number of carbonyl (C=O) groups excluding carboxylic acids is 1. The van der Waals surface area contributed by atoms with Gasteiger partial charge in [-0.05, 0) is 24.6 Å². The maximum absolute atomic E-state index is 13.1. The van der Waals surface area contributed by atoms with Crippen LogP contribution in [0.15, 0.2) is 24.3 Å². The minimum atomic E-state index is -2.48. The van der Waals surface area contributed by atoms with Gasteiger partial charge >= 0.3 is 0 Å². The summed E-state index contributed by atoms with van der Waals surface area (Å²) >= 11 is 0. The van der Waals surface area contributed by atoms with Crippen LogP contribution in [-0.4, -0.2) is 83.8 Å². The van der Waals surface area contributed by atoms with Gasteiger partial charge in [-0.2, -0.15) is 0 Å². The fraction of sp³-hybridized carbons (Fsp3) is 0.381. The number of phenolic OH excluding ortho intramolecular Hbond substituents is 3. The average molecular weight is 434 g/mol. The molecule has 6 atom stereocenters. The monoisotopic (exact) mass is 434 g/mol. The molecule has 0 unspecified atom stereocenters. The van der Waals surface area contributed by atoms with Crippen molar-refractivity contribution in [3.63, 3.8) is 0 Å². The smallest absolute Gasteiger partial charge is 0.201 e. The Bertz CT molecular complexity index is 1000. The molecule has 31 heavy (non-hydrogen) atoms. The van der Waals surface area contributed by atoms with Crippen molar-refractivity contribution in [3.05, 3.63) is 52.1 Å². The summed E-state index contributed by atoms with van der Waals surface area (Å²) < 4.78 is 5.57. The van der Waals surface area contributed by atoms with Crippen LogP contribution in [0.3, 0.4) is 0 Å². The Morgan fingerprint density at radius 2 is 1.48 bits per heavy atom. The predicted molar refractivity (Wildman–Crippen MR) is 103 cm³/mol. The van der Waals surface area contributed by atoms with Crippen LogP contribution in [0.2, 0.25) is 0 Å². The summed E-state index contributed by atoms with van der Waals surface area (Å²) in [5, 5.41) is 83.4. The summed E-state index contributed by atoms with van der Waals surface area (Å²) in [6, 6.07) is 4.50. The number of aliphatic hydroxyl groups excluding tert-OH is 4. The van der Waals surface area contributed by atoms with E-state index in [0.717, 1.165) is 12.1 Å². The van der Waals surface area contributed by atoms with Crippen LogP contribution in [0.1, 0.15) is 32.6 Å². The molecule has 1 heterocycles. The summed E-state index contributed by atoms with van der Waals surface area (Å²) in [5.74, 6) is -2.53. The lowest BCUT2D eigenvalue weighted by Crippen LogP contribution is -2.65. The fourth-order valence-corrected chi connectivity index (χ4v) is 4.48. The number of carbonyl (C=O) groups is 1. The van der Waals surface area contributed by atoms with Gasteiger partial charge in [-0.25, -0.2) is 0 Å². The van der Waals surface area contributed by atoms with Gasteiger partial charge in [-0.1, -0.05) is 6.07 Å². The highest BCUT2D eigenvalue weighted by atomic mass is 16.6. The molecule has 10 nitrogen and oxygen atoms in total. The topological polar surface area (TPSA) is 188 Å². The Kier molecular flexibility index (Phi) is 4.97. The summed E-state index contributed by atoms with van der Waals surface area (Å²) in [6.45, 7) is 0.814. The van der Waals surface area contributed by atoms with Crippen molar-refractivity contribution in [2.24, 2.45) is 0 Å². The summed E-state index contributed by atoms with van der Waals surface area (Å²) in [5.41, 5.74) is -3.39. The van der Waals surface area contributed by atoms with E-state index >= 15 is 0 Å². The summed E-state index contributed by atoms with van der Waals surface area (Å²) in [6.07, 6.45) is -8.59. The second-order valence-electron chi connectivity index (χ2n) is 7.94. The van der Waals surface area contributed by atoms with Gasteiger partial charge in [0.2, 0.25) is 5.78 Å². The molecule has 1 aliphatic heterocycles.